The summed E-state index contributed by atoms with van der Waals surface area (Å²) in [5, 5.41) is 15.4. The summed E-state index contributed by atoms with van der Waals surface area (Å²) in [7, 11) is -3.59. The van der Waals surface area contributed by atoms with Crippen LogP contribution in [0.1, 0.15) is 25.1 Å². The summed E-state index contributed by atoms with van der Waals surface area (Å²) in [5.41, 5.74) is 0.917. The maximum Gasteiger partial charge on any atom is 0.262 e. The lowest BCUT2D eigenvalue weighted by molar-refractivity contribution is 0.277. The molecule has 0 spiro atoms. The van der Waals surface area contributed by atoms with Crippen LogP contribution < -0.4 is 0 Å². The van der Waals surface area contributed by atoms with Crippen molar-refractivity contribution < 1.29 is 13.5 Å². The zero-order chi connectivity index (χ0) is 12.3. The summed E-state index contributed by atoms with van der Waals surface area (Å²) in [6.45, 7) is 5.64. The molecule has 0 radical (unpaired) electrons. The fraction of sp³-hybridized carbons (Fsp3) is 0.667. The van der Waals surface area contributed by atoms with Gasteiger partial charge in [-0.2, -0.15) is 9.40 Å². The van der Waals surface area contributed by atoms with E-state index in [0.717, 1.165) is 0 Å². The molecule has 0 aromatic carbocycles. The Labute approximate surface area is 95.3 Å². The second kappa shape index (κ2) is 4.94. The highest BCUT2D eigenvalue weighted by Crippen LogP contribution is 2.19. The van der Waals surface area contributed by atoms with Crippen molar-refractivity contribution in [2.45, 2.75) is 32.4 Å². The van der Waals surface area contributed by atoms with Crippen molar-refractivity contribution >= 4 is 10.0 Å². The number of nitrogens with zero attached hydrogens (tertiary/aromatic N) is 2. The molecule has 7 heteroatoms. The van der Waals surface area contributed by atoms with Gasteiger partial charge in [0.1, 0.15) is 0 Å². The Hall–Kier alpha value is -0.920. The van der Waals surface area contributed by atoms with Gasteiger partial charge in [-0.15, -0.1) is 0 Å². The van der Waals surface area contributed by atoms with E-state index in [1.807, 2.05) is 0 Å². The summed E-state index contributed by atoms with van der Waals surface area (Å²) in [6, 6.07) is 0. The number of aryl methyl sites for hydroxylation is 1. The zero-order valence-electron chi connectivity index (χ0n) is 9.69. The maximum atomic E-state index is 12.1. The molecule has 0 saturated carbocycles. The van der Waals surface area contributed by atoms with Crippen LogP contribution in [0.2, 0.25) is 0 Å². The van der Waals surface area contributed by atoms with Crippen molar-refractivity contribution in [3.05, 3.63) is 11.3 Å². The Bertz CT molecular complexity index is 449. The van der Waals surface area contributed by atoms with E-state index in [1.165, 1.54) is 4.31 Å². The molecule has 0 unspecified atom stereocenters. The topological polar surface area (TPSA) is 86.3 Å². The molecule has 0 aliphatic heterocycles. The minimum Gasteiger partial charge on any atom is -0.392 e. The summed E-state index contributed by atoms with van der Waals surface area (Å²) in [4.78, 5) is 0. The van der Waals surface area contributed by atoms with Gasteiger partial charge < -0.3 is 5.11 Å². The first kappa shape index (κ1) is 13.1. The Morgan fingerprint density at radius 2 is 1.94 bits per heavy atom. The molecule has 0 aliphatic carbocycles. The van der Waals surface area contributed by atoms with Crippen molar-refractivity contribution in [1.82, 2.24) is 14.5 Å². The second-order valence-corrected chi connectivity index (χ2v) is 5.23. The van der Waals surface area contributed by atoms with E-state index in [0.29, 0.717) is 24.3 Å². The monoisotopic (exact) mass is 247 g/mol. The molecule has 16 heavy (non-hydrogen) atoms. The Morgan fingerprint density at radius 3 is 2.38 bits per heavy atom. The highest BCUT2D eigenvalue weighted by Gasteiger charge is 2.28. The van der Waals surface area contributed by atoms with Crippen LogP contribution in [0.15, 0.2) is 5.03 Å². The van der Waals surface area contributed by atoms with Crippen LogP contribution >= 0.6 is 0 Å². The number of aromatic amines is 1. The summed E-state index contributed by atoms with van der Waals surface area (Å²) in [6.07, 6.45) is 0. The van der Waals surface area contributed by atoms with Crippen LogP contribution in [0.5, 0.6) is 0 Å². The van der Waals surface area contributed by atoms with Crippen molar-refractivity contribution in [1.29, 1.82) is 0 Å². The van der Waals surface area contributed by atoms with E-state index in [2.05, 4.69) is 10.2 Å². The summed E-state index contributed by atoms with van der Waals surface area (Å²) in [5.74, 6) is 0. The van der Waals surface area contributed by atoms with E-state index in [9.17, 15) is 8.42 Å². The first-order chi connectivity index (χ1) is 7.48. The largest absolute Gasteiger partial charge is 0.392 e. The van der Waals surface area contributed by atoms with Crippen molar-refractivity contribution in [2.24, 2.45) is 0 Å². The third-order valence-corrected chi connectivity index (χ3v) is 4.51. The van der Waals surface area contributed by atoms with Gasteiger partial charge in [-0.1, -0.05) is 13.8 Å². The van der Waals surface area contributed by atoms with Gasteiger partial charge in [0.15, 0.2) is 5.03 Å². The number of aromatic nitrogens is 2. The van der Waals surface area contributed by atoms with Crippen LogP contribution in [0, 0.1) is 6.92 Å². The van der Waals surface area contributed by atoms with Gasteiger partial charge in [-0.3, -0.25) is 5.10 Å². The lowest BCUT2D eigenvalue weighted by Gasteiger charge is -2.17. The molecular formula is C9H17N3O3S. The van der Waals surface area contributed by atoms with E-state index in [1.54, 1.807) is 20.8 Å². The van der Waals surface area contributed by atoms with Gasteiger partial charge in [0.05, 0.1) is 6.61 Å². The fourth-order valence-electron chi connectivity index (χ4n) is 1.52. The Morgan fingerprint density at radius 1 is 1.38 bits per heavy atom. The second-order valence-electron chi connectivity index (χ2n) is 3.38. The van der Waals surface area contributed by atoms with E-state index in [4.69, 9.17) is 5.11 Å². The lowest BCUT2D eigenvalue weighted by Crippen LogP contribution is -2.31. The predicted molar refractivity (Wildman–Crippen MR) is 59.4 cm³/mol. The average Bonchev–Trinajstić information content (AvgIpc) is 2.61. The number of sulfonamides is 1. The van der Waals surface area contributed by atoms with E-state index in [-0.39, 0.29) is 11.6 Å². The molecule has 1 rings (SSSR count). The quantitative estimate of drug-likeness (QED) is 0.780. The molecule has 0 bridgehead atoms. The minimum atomic E-state index is -3.59. The summed E-state index contributed by atoms with van der Waals surface area (Å²) >= 11 is 0. The number of nitrogens with one attached hydrogen (secondary N) is 1. The predicted octanol–water partition coefficient (Wildman–Crippen LogP) is 0.241. The molecule has 1 aromatic heterocycles. The van der Waals surface area contributed by atoms with Gasteiger partial charge in [-0.05, 0) is 6.92 Å². The molecule has 0 saturated heterocycles. The van der Waals surface area contributed by atoms with Crippen molar-refractivity contribution in [3.8, 4) is 0 Å². The number of hydrogen-bond donors (Lipinski definition) is 2. The van der Waals surface area contributed by atoms with Crippen LogP contribution in [0.25, 0.3) is 0 Å². The maximum absolute atomic E-state index is 12.1. The molecule has 1 aromatic rings. The van der Waals surface area contributed by atoms with E-state index >= 15 is 0 Å². The molecular weight excluding hydrogens is 230 g/mol. The van der Waals surface area contributed by atoms with Crippen LogP contribution in [-0.4, -0.2) is 41.1 Å². The number of rotatable bonds is 5. The van der Waals surface area contributed by atoms with E-state index < -0.39 is 10.0 Å². The number of aliphatic hydroxyl groups is 1. The molecule has 0 atom stereocenters. The highest BCUT2D eigenvalue weighted by molar-refractivity contribution is 7.89. The lowest BCUT2D eigenvalue weighted by atomic mass is 10.3. The fourth-order valence-corrected chi connectivity index (χ4v) is 3.13. The number of hydrogen-bond acceptors (Lipinski definition) is 4. The molecule has 1 heterocycles. The SMILES string of the molecule is CCN(CC)S(=O)(=O)c1n[nH]c(C)c1CO. The average molecular weight is 247 g/mol. The molecule has 0 fully saturated rings. The molecule has 0 amide bonds. The third-order valence-electron chi connectivity index (χ3n) is 2.48. The number of aliphatic hydroxyl groups excluding tert-OH is 1. The van der Waals surface area contributed by atoms with Gasteiger partial charge >= 0.3 is 0 Å². The van der Waals surface area contributed by atoms with Crippen LogP contribution in [-0.2, 0) is 16.6 Å². The molecule has 92 valence electrons. The van der Waals surface area contributed by atoms with Gasteiger partial charge in [-0.25, -0.2) is 8.42 Å². The molecule has 0 aliphatic rings. The van der Waals surface area contributed by atoms with Gasteiger partial charge in [0.2, 0.25) is 0 Å². The van der Waals surface area contributed by atoms with Crippen LogP contribution in [0.3, 0.4) is 0 Å². The smallest absolute Gasteiger partial charge is 0.262 e. The van der Waals surface area contributed by atoms with Crippen molar-refractivity contribution in [3.63, 3.8) is 0 Å². The standard InChI is InChI=1S/C9H17N3O3S/c1-4-12(5-2)16(14,15)9-8(6-13)7(3)10-11-9/h13H,4-6H2,1-3H3,(H,10,11). The Balaban J connectivity index is 3.26. The first-order valence-electron chi connectivity index (χ1n) is 5.13. The first-order valence-corrected chi connectivity index (χ1v) is 6.57. The Kier molecular flexibility index (Phi) is 4.06. The zero-order valence-corrected chi connectivity index (χ0v) is 10.5. The van der Waals surface area contributed by atoms with Crippen LogP contribution in [0.4, 0.5) is 0 Å². The van der Waals surface area contributed by atoms with Gasteiger partial charge in [0.25, 0.3) is 10.0 Å². The number of H-pyrrole nitrogens is 1. The third kappa shape index (κ3) is 2.11. The highest BCUT2D eigenvalue weighted by atomic mass is 32.2. The molecule has 6 nitrogen and oxygen atoms in total. The minimum absolute atomic E-state index is 0.0730. The molecule has 2 N–H and O–H groups in total. The van der Waals surface area contributed by atoms with Crippen molar-refractivity contribution in [2.75, 3.05) is 13.1 Å². The summed E-state index contributed by atoms with van der Waals surface area (Å²) < 4.78 is 25.5. The van der Waals surface area contributed by atoms with Gasteiger partial charge in [0, 0.05) is 24.3 Å². The normalized spacial score (nSPS) is 12.3.